The van der Waals surface area contributed by atoms with Crippen LogP contribution in [0.1, 0.15) is 43.6 Å². The number of carbonyl (C=O) groups excluding carboxylic acids is 1. The summed E-state index contributed by atoms with van der Waals surface area (Å²) in [5, 5.41) is 2.66. The number of aromatic nitrogens is 1. The number of benzene rings is 1. The Morgan fingerprint density at radius 1 is 1.16 bits per heavy atom. The van der Waals surface area contributed by atoms with Crippen LogP contribution >= 0.6 is 11.3 Å². The standard InChI is InChI=1S/C25H31N3O3S/c29-23(19-14-30-15-19)28-16-25(17-28)8-5-20(13-25)27-10-6-18(7-11-27)21-3-1-2-4-22(21)31-24-26-9-12-32-24/h1-4,9,12,18-20H,5-8,10-11,13-17H2. The van der Waals surface area contributed by atoms with Crippen LogP contribution in [-0.4, -0.2) is 66.1 Å². The number of ether oxygens (including phenoxy) is 2. The van der Waals surface area contributed by atoms with E-state index in [1.807, 2.05) is 11.4 Å². The number of para-hydroxylation sites is 1. The van der Waals surface area contributed by atoms with Crippen LogP contribution in [0.25, 0.3) is 0 Å². The van der Waals surface area contributed by atoms with E-state index >= 15 is 0 Å². The molecule has 6 nitrogen and oxygen atoms in total. The third kappa shape index (κ3) is 3.84. The Bertz CT molecular complexity index is 947. The summed E-state index contributed by atoms with van der Waals surface area (Å²) in [6.07, 6.45) is 7.94. The van der Waals surface area contributed by atoms with Crippen LogP contribution in [0.4, 0.5) is 0 Å². The molecule has 1 amide bonds. The van der Waals surface area contributed by atoms with Gasteiger partial charge in [-0.3, -0.25) is 4.79 Å². The van der Waals surface area contributed by atoms with Crippen LogP contribution in [0.3, 0.4) is 0 Å². The number of rotatable bonds is 5. The number of hydrogen-bond donors (Lipinski definition) is 0. The van der Waals surface area contributed by atoms with Crippen LogP contribution in [0, 0.1) is 11.3 Å². The molecule has 32 heavy (non-hydrogen) atoms. The van der Waals surface area contributed by atoms with Gasteiger partial charge in [-0.1, -0.05) is 29.5 Å². The maximum atomic E-state index is 12.5. The van der Waals surface area contributed by atoms with Crippen molar-refractivity contribution in [2.75, 3.05) is 39.4 Å². The zero-order valence-electron chi connectivity index (χ0n) is 18.4. The summed E-state index contributed by atoms with van der Waals surface area (Å²) in [5.74, 6) is 1.95. The molecule has 6 rings (SSSR count). The van der Waals surface area contributed by atoms with E-state index in [9.17, 15) is 4.79 Å². The van der Waals surface area contributed by atoms with E-state index in [4.69, 9.17) is 9.47 Å². The second-order valence-corrected chi connectivity index (χ2v) is 10.9. The van der Waals surface area contributed by atoms with Gasteiger partial charge < -0.3 is 19.3 Å². The Balaban J connectivity index is 1.03. The minimum absolute atomic E-state index is 0.131. The largest absolute Gasteiger partial charge is 0.431 e. The van der Waals surface area contributed by atoms with Crippen molar-refractivity contribution in [3.05, 3.63) is 41.4 Å². The molecule has 7 heteroatoms. The molecule has 1 spiro atoms. The SMILES string of the molecule is O=C(C1COC1)N1CC2(CCC(N3CCC(c4ccccc4Oc4nccs4)CC3)C2)C1. The first-order valence-corrected chi connectivity index (χ1v) is 12.8. The van der Waals surface area contributed by atoms with Gasteiger partial charge in [0, 0.05) is 36.1 Å². The van der Waals surface area contributed by atoms with Crippen molar-refractivity contribution < 1.29 is 14.3 Å². The third-order valence-electron chi connectivity index (χ3n) is 8.04. The first-order chi connectivity index (χ1) is 15.7. The number of piperidine rings is 1. The van der Waals surface area contributed by atoms with E-state index in [1.54, 1.807) is 6.20 Å². The predicted molar refractivity (Wildman–Crippen MR) is 123 cm³/mol. The van der Waals surface area contributed by atoms with Crippen molar-refractivity contribution in [3.8, 4) is 10.9 Å². The summed E-state index contributed by atoms with van der Waals surface area (Å²) < 4.78 is 11.3. The quantitative estimate of drug-likeness (QED) is 0.681. The topological polar surface area (TPSA) is 54.9 Å². The average molecular weight is 454 g/mol. The molecule has 170 valence electrons. The van der Waals surface area contributed by atoms with Gasteiger partial charge in [-0.05, 0) is 62.7 Å². The van der Waals surface area contributed by atoms with E-state index < -0.39 is 0 Å². The lowest BCUT2D eigenvalue weighted by atomic mass is 9.77. The fourth-order valence-electron chi connectivity index (χ4n) is 6.17. The van der Waals surface area contributed by atoms with Crippen molar-refractivity contribution >= 4 is 17.2 Å². The molecule has 4 aliphatic rings. The molecule has 1 unspecified atom stereocenters. The van der Waals surface area contributed by atoms with Gasteiger partial charge in [0.05, 0.1) is 19.1 Å². The molecule has 1 saturated carbocycles. The summed E-state index contributed by atoms with van der Waals surface area (Å²) in [5.41, 5.74) is 1.70. The fourth-order valence-corrected chi connectivity index (χ4v) is 6.67. The maximum absolute atomic E-state index is 12.5. The van der Waals surface area contributed by atoms with Gasteiger partial charge in [-0.15, -0.1) is 0 Å². The van der Waals surface area contributed by atoms with Gasteiger partial charge in [0.25, 0.3) is 5.19 Å². The first-order valence-electron chi connectivity index (χ1n) is 12.0. The minimum Gasteiger partial charge on any atom is -0.431 e. The average Bonchev–Trinajstić information content (AvgIpc) is 3.42. The van der Waals surface area contributed by atoms with Crippen LogP contribution in [0.15, 0.2) is 35.8 Å². The second-order valence-electron chi connectivity index (χ2n) is 10.1. The Morgan fingerprint density at radius 2 is 1.97 bits per heavy atom. The lowest BCUT2D eigenvalue weighted by Gasteiger charge is -2.50. The zero-order valence-corrected chi connectivity index (χ0v) is 19.3. The highest BCUT2D eigenvalue weighted by Gasteiger charge is 2.52. The molecule has 3 aliphatic heterocycles. The van der Waals surface area contributed by atoms with Crippen LogP contribution < -0.4 is 4.74 Å². The molecular weight excluding hydrogens is 422 g/mol. The van der Waals surface area contributed by atoms with E-state index in [0.717, 1.165) is 31.9 Å². The monoisotopic (exact) mass is 453 g/mol. The highest BCUT2D eigenvalue weighted by Crippen LogP contribution is 2.48. The van der Waals surface area contributed by atoms with E-state index in [2.05, 4.69) is 33.0 Å². The van der Waals surface area contributed by atoms with E-state index in [-0.39, 0.29) is 5.92 Å². The molecule has 1 aliphatic carbocycles. The number of amides is 1. The molecule has 1 aromatic carbocycles. The lowest BCUT2D eigenvalue weighted by Crippen LogP contribution is -2.61. The molecule has 0 radical (unpaired) electrons. The molecule has 4 fully saturated rings. The van der Waals surface area contributed by atoms with Crippen LogP contribution in [0.5, 0.6) is 10.9 Å². The fraction of sp³-hybridized carbons (Fsp3) is 0.600. The summed E-state index contributed by atoms with van der Waals surface area (Å²) in [4.78, 5) is 21.5. The van der Waals surface area contributed by atoms with Gasteiger partial charge in [0.1, 0.15) is 5.75 Å². The number of carbonyl (C=O) groups is 1. The van der Waals surface area contributed by atoms with Crippen molar-refractivity contribution in [1.82, 2.24) is 14.8 Å². The highest BCUT2D eigenvalue weighted by molar-refractivity contribution is 7.11. The van der Waals surface area contributed by atoms with Crippen molar-refractivity contribution in [3.63, 3.8) is 0 Å². The Kier molecular flexibility index (Phi) is 5.44. The third-order valence-corrected chi connectivity index (χ3v) is 8.69. The Morgan fingerprint density at radius 3 is 2.69 bits per heavy atom. The second kappa shape index (κ2) is 8.43. The summed E-state index contributed by atoms with van der Waals surface area (Å²) in [6, 6.07) is 9.15. The molecule has 1 aromatic heterocycles. The van der Waals surface area contributed by atoms with Crippen molar-refractivity contribution in [2.45, 2.75) is 44.1 Å². The number of thiazole rings is 1. The van der Waals surface area contributed by atoms with E-state index in [1.165, 1.54) is 49.0 Å². The van der Waals surface area contributed by atoms with Gasteiger partial charge in [-0.25, -0.2) is 4.98 Å². The minimum atomic E-state index is 0.131. The van der Waals surface area contributed by atoms with Gasteiger partial charge in [0.2, 0.25) is 5.91 Å². The number of hydrogen-bond acceptors (Lipinski definition) is 6. The van der Waals surface area contributed by atoms with Crippen molar-refractivity contribution in [2.24, 2.45) is 11.3 Å². The Hall–Kier alpha value is -1.96. The van der Waals surface area contributed by atoms with E-state index in [0.29, 0.717) is 41.7 Å². The van der Waals surface area contributed by atoms with Gasteiger partial charge >= 0.3 is 0 Å². The molecule has 0 bridgehead atoms. The van der Waals surface area contributed by atoms with Crippen molar-refractivity contribution in [1.29, 1.82) is 0 Å². The predicted octanol–water partition coefficient (Wildman–Crippen LogP) is 4.14. The molecular formula is C25H31N3O3S. The normalized spacial score (nSPS) is 26.1. The van der Waals surface area contributed by atoms with Crippen LogP contribution in [-0.2, 0) is 9.53 Å². The lowest BCUT2D eigenvalue weighted by molar-refractivity contribution is -0.161. The zero-order chi connectivity index (χ0) is 21.5. The first kappa shape index (κ1) is 20.6. The smallest absolute Gasteiger partial charge is 0.278 e. The highest BCUT2D eigenvalue weighted by atomic mass is 32.1. The summed E-state index contributed by atoms with van der Waals surface area (Å²) in [6.45, 7) is 5.49. The maximum Gasteiger partial charge on any atom is 0.278 e. The number of likely N-dealkylation sites (tertiary alicyclic amines) is 2. The number of nitrogens with zero attached hydrogens (tertiary/aromatic N) is 3. The van der Waals surface area contributed by atoms with Crippen LogP contribution in [0.2, 0.25) is 0 Å². The summed E-state index contributed by atoms with van der Waals surface area (Å²) in [7, 11) is 0. The summed E-state index contributed by atoms with van der Waals surface area (Å²) >= 11 is 1.53. The molecule has 1 atom stereocenters. The van der Waals surface area contributed by atoms with Gasteiger partial charge in [-0.2, -0.15) is 0 Å². The molecule has 4 heterocycles. The Labute approximate surface area is 193 Å². The molecule has 2 aromatic rings. The molecule has 3 saturated heterocycles. The van der Waals surface area contributed by atoms with Gasteiger partial charge in [0.15, 0.2) is 0 Å². The molecule has 0 N–H and O–H groups in total.